The number of anilines is 1. The van der Waals surface area contributed by atoms with Gasteiger partial charge >= 0.3 is 0 Å². The average Bonchev–Trinajstić information content (AvgIpc) is 2.86. The Morgan fingerprint density at radius 2 is 2.33 bits per heavy atom. The van der Waals surface area contributed by atoms with Crippen molar-refractivity contribution in [2.75, 3.05) is 11.9 Å². The molecule has 2 aromatic rings. The third-order valence-electron chi connectivity index (χ3n) is 2.63. The first-order chi connectivity index (χ1) is 8.76. The smallest absolute Gasteiger partial charge is 0.262 e. The molecule has 1 aromatic carbocycles. The van der Waals surface area contributed by atoms with Crippen LogP contribution in [0.15, 0.2) is 28.8 Å². The largest absolute Gasteiger partial charge is 0.482 e. The normalized spacial score (nSPS) is 13.7. The summed E-state index contributed by atoms with van der Waals surface area (Å²) < 4.78 is 10.7. The zero-order valence-corrected chi connectivity index (χ0v) is 9.47. The molecule has 0 radical (unpaired) electrons. The molecular weight excluding hydrogens is 234 g/mol. The maximum atomic E-state index is 11.2. The monoisotopic (exact) mass is 245 g/mol. The Morgan fingerprint density at radius 1 is 1.44 bits per heavy atom. The number of nitrogens with two attached hydrogens (primary N) is 1. The highest BCUT2D eigenvalue weighted by molar-refractivity contribution is 5.96. The number of hydrogen-bond donors (Lipinski definition) is 2. The molecule has 18 heavy (non-hydrogen) atoms. The van der Waals surface area contributed by atoms with Gasteiger partial charge in [0, 0.05) is 5.56 Å². The lowest BCUT2D eigenvalue weighted by atomic mass is 10.1. The van der Waals surface area contributed by atoms with E-state index in [0.29, 0.717) is 23.1 Å². The van der Waals surface area contributed by atoms with Crippen LogP contribution in [0.1, 0.15) is 5.89 Å². The minimum Gasteiger partial charge on any atom is -0.482 e. The Bertz CT molecular complexity index is 606. The van der Waals surface area contributed by atoms with Gasteiger partial charge in [0.15, 0.2) is 12.4 Å². The summed E-state index contributed by atoms with van der Waals surface area (Å²) in [5.41, 5.74) is 6.88. The number of carbonyl (C=O) groups is 1. The minimum atomic E-state index is -0.167. The Balaban J connectivity index is 1.98. The van der Waals surface area contributed by atoms with Crippen molar-refractivity contribution in [2.24, 2.45) is 5.73 Å². The van der Waals surface area contributed by atoms with Gasteiger partial charge < -0.3 is 20.2 Å². The van der Waals surface area contributed by atoms with Crippen molar-refractivity contribution in [3.05, 3.63) is 30.3 Å². The van der Waals surface area contributed by atoms with E-state index in [2.05, 4.69) is 10.3 Å². The number of aromatic nitrogens is 1. The first-order valence-corrected chi connectivity index (χ1v) is 5.48. The van der Waals surface area contributed by atoms with Crippen molar-refractivity contribution >= 4 is 11.6 Å². The van der Waals surface area contributed by atoms with Gasteiger partial charge in [0.1, 0.15) is 5.75 Å². The molecule has 92 valence electrons. The summed E-state index contributed by atoms with van der Waals surface area (Å²) in [5.74, 6) is 1.57. The Kier molecular flexibility index (Phi) is 2.49. The molecule has 3 rings (SSSR count). The van der Waals surface area contributed by atoms with E-state index in [0.717, 1.165) is 5.56 Å². The maximum absolute atomic E-state index is 11.2. The van der Waals surface area contributed by atoms with Crippen molar-refractivity contribution in [1.82, 2.24) is 4.98 Å². The maximum Gasteiger partial charge on any atom is 0.262 e. The van der Waals surface area contributed by atoms with E-state index in [1.807, 2.05) is 6.07 Å². The summed E-state index contributed by atoms with van der Waals surface area (Å²) in [7, 11) is 0. The van der Waals surface area contributed by atoms with Crippen molar-refractivity contribution < 1.29 is 13.9 Å². The van der Waals surface area contributed by atoms with Crippen LogP contribution in [0, 0.1) is 0 Å². The fourth-order valence-corrected chi connectivity index (χ4v) is 1.77. The Labute approximate surface area is 103 Å². The van der Waals surface area contributed by atoms with Gasteiger partial charge in [0.25, 0.3) is 5.91 Å². The van der Waals surface area contributed by atoms with Crippen LogP contribution in [0.2, 0.25) is 0 Å². The molecule has 0 bridgehead atoms. The number of amides is 1. The fourth-order valence-electron chi connectivity index (χ4n) is 1.77. The number of carbonyl (C=O) groups excluding carboxylic acids is 1. The number of hydrogen-bond acceptors (Lipinski definition) is 5. The fraction of sp³-hybridized carbons (Fsp3) is 0.167. The lowest BCUT2D eigenvalue weighted by Crippen LogP contribution is -2.25. The van der Waals surface area contributed by atoms with E-state index in [1.54, 1.807) is 18.3 Å². The van der Waals surface area contributed by atoms with Crippen LogP contribution in [-0.4, -0.2) is 17.5 Å². The first kappa shape index (κ1) is 10.8. The van der Waals surface area contributed by atoms with Crippen molar-refractivity contribution in [2.45, 2.75) is 6.54 Å². The van der Waals surface area contributed by atoms with Gasteiger partial charge in [-0.15, -0.1) is 0 Å². The second-order valence-electron chi connectivity index (χ2n) is 3.87. The number of benzene rings is 1. The zero-order chi connectivity index (χ0) is 12.5. The molecule has 0 saturated carbocycles. The molecule has 0 unspecified atom stereocenters. The van der Waals surface area contributed by atoms with Crippen LogP contribution in [0.3, 0.4) is 0 Å². The lowest BCUT2D eigenvalue weighted by Gasteiger charge is -2.17. The molecule has 6 heteroatoms. The highest BCUT2D eigenvalue weighted by Crippen LogP contribution is 2.32. The highest BCUT2D eigenvalue weighted by atomic mass is 16.5. The number of fused-ring (bicyclic) bond motifs is 1. The standard InChI is InChI=1S/C12H11N3O3/c13-4-12-14-5-10(18-12)7-1-2-9-8(3-7)15-11(16)6-17-9/h1-3,5H,4,6,13H2,(H,15,16). The topological polar surface area (TPSA) is 90.4 Å². The summed E-state index contributed by atoms with van der Waals surface area (Å²) in [6.07, 6.45) is 1.61. The Morgan fingerprint density at radius 3 is 3.11 bits per heavy atom. The van der Waals surface area contributed by atoms with Crippen molar-refractivity contribution in [3.63, 3.8) is 0 Å². The summed E-state index contributed by atoms with van der Waals surface area (Å²) in [6.45, 7) is 0.302. The molecule has 2 heterocycles. The van der Waals surface area contributed by atoms with Crippen LogP contribution in [0.25, 0.3) is 11.3 Å². The molecule has 0 atom stereocenters. The van der Waals surface area contributed by atoms with Crippen LogP contribution < -0.4 is 15.8 Å². The number of oxazole rings is 1. The molecule has 1 aromatic heterocycles. The minimum absolute atomic E-state index is 0.0476. The third-order valence-corrected chi connectivity index (χ3v) is 2.63. The van der Waals surface area contributed by atoms with Gasteiger partial charge in [-0.3, -0.25) is 4.79 Å². The molecule has 1 amide bonds. The van der Waals surface area contributed by atoms with E-state index >= 15 is 0 Å². The first-order valence-electron chi connectivity index (χ1n) is 5.48. The molecule has 0 spiro atoms. The van der Waals surface area contributed by atoms with Gasteiger partial charge in [-0.25, -0.2) is 4.98 Å². The SMILES string of the molecule is NCc1ncc(-c2ccc3c(c2)NC(=O)CO3)o1. The van der Waals surface area contributed by atoms with E-state index in [4.69, 9.17) is 14.9 Å². The van der Waals surface area contributed by atoms with Crippen molar-refractivity contribution in [3.8, 4) is 17.1 Å². The predicted molar refractivity (Wildman–Crippen MR) is 64.0 cm³/mol. The summed E-state index contributed by atoms with van der Waals surface area (Å²) in [6, 6.07) is 5.42. The second-order valence-corrected chi connectivity index (χ2v) is 3.87. The summed E-state index contributed by atoms with van der Waals surface area (Å²) in [4.78, 5) is 15.3. The molecule has 0 fully saturated rings. The molecule has 1 aliphatic rings. The molecule has 6 nitrogen and oxygen atoms in total. The second kappa shape index (κ2) is 4.15. The van der Waals surface area contributed by atoms with Crippen LogP contribution >= 0.6 is 0 Å². The molecule has 1 aliphatic heterocycles. The van der Waals surface area contributed by atoms with E-state index in [1.165, 1.54) is 0 Å². The van der Waals surface area contributed by atoms with Crippen LogP contribution in [-0.2, 0) is 11.3 Å². The predicted octanol–water partition coefficient (Wildman–Crippen LogP) is 1.13. The van der Waals surface area contributed by atoms with Gasteiger partial charge in [0.2, 0.25) is 5.89 Å². The van der Waals surface area contributed by atoms with Gasteiger partial charge in [-0.2, -0.15) is 0 Å². The molecule has 3 N–H and O–H groups in total. The summed E-state index contributed by atoms with van der Waals surface area (Å²) >= 11 is 0. The molecule has 0 saturated heterocycles. The van der Waals surface area contributed by atoms with Crippen LogP contribution in [0.5, 0.6) is 5.75 Å². The zero-order valence-electron chi connectivity index (χ0n) is 9.47. The van der Waals surface area contributed by atoms with Gasteiger partial charge in [-0.1, -0.05) is 0 Å². The quantitative estimate of drug-likeness (QED) is 0.827. The van der Waals surface area contributed by atoms with Gasteiger partial charge in [0.05, 0.1) is 18.4 Å². The molecular formula is C12H11N3O3. The Hall–Kier alpha value is -2.34. The lowest BCUT2D eigenvalue weighted by molar-refractivity contribution is -0.118. The number of rotatable bonds is 2. The third kappa shape index (κ3) is 1.82. The highest BCUT2D eigenvalue weighted by Gasteiger charge is 2.17. The van der Waals surface area contributed by atoms with Gasteiger partial charge in [-0.05, 0) is 18.2 Å². The van der Waals surface area contributed by atoms with E-state index < -0.39 is 0 Å². The number of ether oxygens (including phenoxy) is 1. The number of nitrogens with zero attached hydrogens (tertiary/aromatic N) is 1. The van der Waals surface area contributed by atoms with E-state index in [9.17, 15) is 4.79 Å². The number of nitrogens with one attached hydrogen (secondary N) is 1. The summed E-state index contributed by atoms with van der Waals surface area (Å²) in [5, 5.41) is 2.74. The van der Waals surface area contributed by atoms with Crippen LogP contribution in [0.4, 0.5) is 5.69 Å². The van der Waals surface area contributed by atoms with E-state index in [-0.39, 0.29) is 19.1 Å². The average molecular weight is 245 g/mol. The molecule has 0 aliphatic carbocycles. The van der Waals surface area contributed by atoms with Crippen molar-refractivity contribution in [1.29, 1.82) is 0 Å².